The van der Waals surface area contributed by atoms with Crippen LogP contribution in [0.3, 0.4) is 0 Å². The van der Waals surface area contributed by atoms with Gasteiger partial charge in [-0.15, -0.1) is 12.4 Å². The van der Waals surface area contributed by atoms with Crippen molar-refractivity contribution >= 4 is 52.9 Å². The molecule has 0 heterocycles. The van der Waals surface area contributed by atoms with Crippen LogP contribution in [0.1, 0.15) is 12.5 Å². The smallest absolute Gasteiger partial charge is 0.200 e. The number of aliphatic imine (C=N–C) groups is 1. The summed E-state index contributed by atoms with van der Waals surface area (Å²) in [4.78, 5) is 6.17. The highest BCUT2D eigenvalue weighted by Crippen LogP contribution is 2.28. The van der Waals surface area contributed by atoms with Gasteiger partial charge in [0.25, 0.3) is 0 Å². The van der Waals surface area contributed by atoms with Crippen molar-refractivity contribution < 1.29 is 0 Å². The third kappa shape index (κ3) is 4.54. The van der Waals surface area contributed by atoms with E-state index in [2.05, 4.69) is 24.0 Å². The van der Waals surface area contributed by atoms with Crippen LogP contribution in [-0.4, -0.2) is 13.0 Å². The van der Waals surface area contributed by atoms with Gasteiger partial charge in [0.15, 0.2) is 0 Å². The molecule has 2 aromatic carbocycles. The average molecular weight is 359 g/mol. The SMILES string of the molecule is CCc1cccc(N(C)C(N)=Nc2cc(Cl)ccc2Cl)c1.Cl. The Balaban J connectivity index is 0.00000242. The van der Waals surface area contributed by atoms with E-state index in [1.165, 1.54) is 5.56 Å². The van der Waals surface area contributed by atoms with Crippen LogP contribution in [-0.2, 0) is 6.42 Å². The highest BCUT2D eigenvalue weighted by molar-refractivity contribution is 6.35. The Morgan fingerprint density at radius 1 is 1.18 bits per heavy atom. The Kier molecular flexibility index (Phi) is 7.01. The second-order valence-corrected chi connectivity index (χ2v) is 5.49. The molecule has 0 aliphatic carbocycles. The van der Waals surface area contributed by atoms with E-state index < -0.39 is 0 Å². The summed E-state index contributed by atoms with van der Waals surface area (Å²) in [7, 11) is 1.87. The molecule has 0 unspecified atom stereocenters. The number of nitrogens with two attached hydrogens (primary N) is 1. The number of aryl methyl sites for hydroxylation is 1. The van der Waals surface area contributed by atoms with Gasteiger partial charge in [0.05, 0.1) is 10.7 Å². The summed E-state index contributed by atoms with van der Waals surface area (Å²) in [6, 6.07) is 13.3. The maximum Gasteiger partial charge on any atom is 0.200 e. The number of rotatable bonds is 3. The van der Waals surface area contributed by atoms with E-state index in [4.69, 9.17) is 28.9 Å². The van der Waals surface area contributed by atoms with E-state index >= 15 is 0 Å². The van der Waals surface area contributed by atoms with Crippen LogP contribution in [0.2, 0.25) is 10.0 Å². The number of guanidine groups is 1. The van der Waals surface area contributed by atoms with Crippen molar-refractivity contribution in [3.05, 3.63) is 58.1 Å². The van der Waals surface area contributed by atoms with Crippen LogP contribution in [0, 0.1) is 0 Å². The third-order valence-electron chi connectivity index (χ3n) is 3.19. The van der Waals surface area contributed by atoms with Crippen molar-refractivity contribution in [2.24, 2.45) is 10.7 Å². The number of hydrogen-bond acceptors (Lipinski definition) is 1. The van der Waals surface area contributed by atoms with E-state index in [-0.39, 0.29) is 12.4 Å². The van der Waals surface area contributed by atoms with E-state index in [9.17, 15) is 0 Å². The fraction of sp³-hybridized carbons (Fsp3) is 0.188. The Morgan fingerprint density at radius 2 is 1.91 bits per heavy atom. The number of halogens is 3. The highest BCUT2D eigenvalue weighted by atomic mass is 35.5. The lowest BCUT2D eigenvalue weighted by Crippen LogP contribution is -2.33. The lowest BCUT2D eigenvalue weighted by Gasteiger charge is -2.19. The number of hydrogen-bond donors (Lipinski definition) is 1. The molecule has 3 nitrogen and oxygen atoms in total. The first kappa shape index (κ1) is 18.6. The zero-order valence-corrected chi connectivity index (χ0v) is 14.7. The molecule has 0 aliphatic rings. The molecule has 22 heavy (non-hydrogen) atoms. The van der Waals surface area contributed by atoms with Crippen LogP contribution >= 0.6 is 35.6 Å². The van der Waals surface area contributed by atoms with Crippen LogP contribution in [0.25, 0.3) is 0 Å². The molecular weight excluding hydrogens is 341 g/mol. The fourth-order valence-corrected chi connectivity index (χ4v) is 2.21. The minimum Gasteiger partial charge on any atom is -0.369 e. The van der Waals surface area contributed by atoms with Gasteiger partial charge in [0, 0.05) is 17.8 Å². The van der Waals surface area contributed by atoms with E-state index in [0.29, 0.717) is 21.7 Å². The molecule has 118 valence electrons. The summed E-state index contributed by atoms with van der Waals surface area (Å²) < 4.78 is 0. The van der Waals surface area contributed by atoms with E-state index in [1.807, 2.05) is 24.1 Å². The lowest BCUT2D eigenvalue weighted by molar-refractivity contribution is 1.13. The first-order valence-electron chi connectivity index (χ1n) is 6.63. The Hall–Kier alpha value is -1.42. The molecule has 0 bridgehead atoms. The quantitative estimate of drug-likeness (QED) is 0.615. The van der Waals surface area contributed by atoms with Crippen molar-refractivity contribution in [3.8, 4) is 0 Å². The summed E-state index contributed by atoms with van der Waals surface area (Å²) in [6.45, 7) is 2.11. The van der Waals surface area contributed by atoms with Crippen molar-refractivity contribution in [3.63, 3.8) is 0 Å². The molecule has 0 aliphatic heterocycles. The fourth-order valence-electron chi connectivity index (χ4n) is 1.89. The zero-order valence-electron chi connectivity index (χ0n) is 12.4. The average Bonchev–Trinajstić information content (AvgIpc) is 2.50. The Bertz CT molecular complexity index is 671. The molecule has 6 heteroatoms. The van der Waals surface area contributed by atoms with Gasteiger partial charge in [-0.1, -0.05) is 42.3 Å². The summed E-state index contributed by atoms with van der Waals surface area (Å²) >= 11 is 12.1. The lowest BCUT2D eigenvalue weighted by atomic mass is 10.1. The number of anilines is 1. The summed E-state index contributed by atoms with van der Waals surface area (Å²) in [5.74, 6) is 0.354. The second-order valence-electron chi connectivity index (χ2n) is 4.65. The zero-order chi connectivity index (χ0) is 15.4. The molecule has 0 fully saturated rings. The summed E-state index contributed by atoms with van der Waals surface area (Å²) in [5.41, 5.74) is 8.85. The van der Waals surface area contributed by atoms with Gasteiger partial charge >= 0.3 is 0 Å². The van der Waals surface area contributed by atoms with Gasteiger partial charge in [-0.25, -0.2) is 4.99 Å². The van der Waals surface area contributed by atoms with Crippen LogP contribution < -0.4 is 10.6 Å². The number of benzene rings is 2. The molecule has 0 aromatic heterocycles. The van der Waals surface area contributed by atoms with Gasteiger partial charge in [-0.05, 0) is 42.3 Å². The predicted molar refractivity (Wildman–Crippen MR) is 99.2 cm³/mol. The second kappa shape index (κ2) is 8.28. The Labute approximate surface area is 147 Å². The van der Waals surface area contributed by atoms with Gasteiger partial charge < -0.3 is 10.6 Å². The molecule has 0 spiro atoms. The summed E-state index contributed by atoms with van der Waals surface area (Å²) in [5, 5.41) is 1.08. The minimum atomic E-state index is 0. The van der Waals surface area contributed by atoms with Crippen molar-refractivity contribution in [2.75, 3.05) is 11.9 Å². The monoisotopic (exact) mass is 357 g/mol. The molecular formula is C16H18Cl3N3. The highest BCUT2D eigenvalue weighted by Gasteiger charge is 2.07. The maximum absolute atomic E-state index is 6.10. The first-order valence-corrected chi connectivity index (χ1v) is 7.38. The topological polar surface area (TPSA) is 41.6 Å². The molecule has 2 N–H and O–H groups in total. The molecule has 0 saturated heterocycles. The molecule has 2 aromatic rings. The predicted octanol–water partition coefficient (Wildman–Crippen LogP) is 5.06. The van der Waals surface area contributed by atoms with Crippen molar-refractivity contribution in [1.82, 2.24) is 0 Å². The van der Waals surface area contributed by atoms with Crippen molar-refractivity contribution in [2.45, 2.75) is 13.3 Å². The first-order chi connectivity index (χ1) is 10.0. The van der Waals surface area contributed by atoms with Gasteiger partial charge in [0.1, 0.15) is 0 Å². The van der Waals surface area contributed by atoms with Gasteiger partial charge in [0.2, 0.25) is 5.96 Å². The van der Waals surface area contributed by atoms with Crippen LogP contribution in [0.15, 0.2) is 47.5 Å². The van der Waals surface area contributed by atoms with E-state index in [1.54, 1.807) is 18.2 Å². The minimum absolute atomic E-state index is 0. The van der Waals surface area contributed by atoms with Gasteiger partial charge in [-0.2, -0.15) is 0 Å². The number of nitrogens with zero attached hydrogens (tertiary/aromatic N) is 2. The molecule has 0 atom stereocenters. The maximum atomic E-state index is 6.10. The third-order valence-corrected chi connectivity index (χ3v) is 3.75. The standard InChI is InChI=1S/C16H17Cl2N3.ClH/c1-3-11-5-4-6-13(9-11)21(2)16(19)20-15-10-12(17)7-8-14(15)18;/h4-10H,3H2,1-2H3,(H2,19,20);1H. The largest absolute Gasteiger partial charge is 0.369 e. The van der Waals surface area contributed by atoms with Gasteiger partial charge in [-0.3, -0.25) is 0 Å². The summed E-state index contributed by atoms with van der Waals surface area (Å²) in [6.07, 6.45) is 0.971. The van der Waals surface area contributed by atoms with E-state index in [0.717, 1.165) is 12.1 Å². The Morgan fingerprint density at radius 3 is 2.59 bits per heavy atom. The van der Waals surface area contributed by atoms with Crippen LogP contribution in [0.5, 0.6) is 0 Å². The molecule has 0 saturated carbocycles. The van der Waals surface area contributed by atoms with Crippen LogP contribution in [0.4, 0.5) is 11.4 Å². The molecule has 0 radical (unpaired) electrons. The molecule has 0 amide bonds. The molecule has 2 rings (SSSR count). The normalized spacial score (nSPS) is 11.0. The van der Waals surface area contributed by atoms with Crippen molar-refractivity contribution in [1.29, 1.82) is 0 Å².